The van der Waals surface area contributed by atoms with Crippen molar-refractivity contribution in [1.29, 1.82) is 0 Å². The quantitative estimate of drug-likeness (QED) is 0.440. The van der Waals surface area contributed by atoms with Gasteiger partial charge in [0.2, 0.25) is 0 Å². The Kier molecular flexibility index (Phi) is 2.46. The van der Waals surface area contributed by atoms with Gasteiger partial charge in [0.25, 0.3) is 0 Å². The summed E-state index contributed by atoms with van der Waals surface area (Å²) in [6, 6.07) is 0. The van der Waals surface area contributed by atoms with Gasteiger partial charge >= 0.3 is 5.97 Å². The zero-order valence-corrected chi connectivity index (χ0v) is 9.82. The van der Waals surface area contributed by atoms with Crippen LogP contribution in [0.25, 0.3) is 0 Å². The number of aliphatic hydroxyl groups excluding tert-OH is 1. The molecule has 3 heteroatoms. The zero-order valence-electron chi connectivity index (χ0n) is 9.82. The molecule has 2 saturated carbocycles. The molecule has 0 aliphatic heterocycles. The molecule has 2 aliphatic carbocycles. The summed E-state index contributed by atoms with van der Waals surface area (Å²) < 4.78 is 5.31. The summed E-state index contributed by atoms with van der Waals surface area (Å²) in [5, 5.41) is 10.2. The molecule has 3 nitrogen and oxygen atoms in total. The van der Waals surface area contributed by atoms with Crippen LogP contribution in [0.1, 0.15) is 26.7 Å². The summed E-state index contributed by atoms with van der Waals surface area (Å²) in [4.78, 5) is 11.5. The lowest BCUT2D eigenvalue weighted by molar-refractivity contribution is -0.156. The van der Waals surface area contributed by atoms with Gasteiger partial charge in [-0.2, -0.15) is 0 Å². The largest absolute Gasteiger partial charge is 0.456 e. The maximum Gasteiger partial charge on any atom is 0.333 e. The van der Waals surface area contributed by atoms with Crippen LogP contribution in [-0.4, -0.2) is 23.3 Å². The maximum atomic E-state index is 11.5. The van der Waals surface area contributed by atoms with Gasteiger partial charge in [-0.15, -0.1) is 0 Å². The number of ether oxygens (including phenoxy) is 1. The zero-order chi connectivity index (χ0) is 12.1. The van der Waals surface area contributed by atoms with Gasteiger partial charge in [-0.25, -0.2) is 4.79 Å². The third-order valence-electron chi connectivity index (χ3n) is 4.11. The highest BCUT2D eigenvalue weighted by Crippen LogP contribution is 2.57. The van der Waals surface area contributed by atoms with Crippen LogP contribution in [0.5, 0.6) is 0 Å². The van der Waals surface area contributed by atoms with E-state index in [0.29, 0.717) is 5.57 Å². The van der Waals surface area contributed by atoms with E-state index in [9.17, 15) is 9.90 Å². The number of esters is 1. The van der Waals surface area contributed by atoms with Crippen LogP contribution in [0, 0.1) is 11.3 Å². The van der Waals surface area contributed by atoms with E-state index in [4.69, 9.17) is 4.74 Å². The molecule has 0 heterocycles. The molecule has 1 N–H and O–H groups in total. The number of hydrogen-bond donors (Lipinski definition) is 1. The summed E-state index contributed by atoms with van der Waals surface area (Å²) in [6.45, 7) is 11.2. The highest BCUT2D eigenvalue weighted by atomic mass is 16.6. The van der Waals surface area contributed by atoms with Crippen LogP contribution < -0.4 is 0 Å². The van der Waals surface area contributed by atoms with Crippen molar-refractivity contribution in [2.45, 2.75) is 38.9 Å². The molecule has 2 fully saturated rings. The molecular formula is C13H18O3. The number of hydrogen-bond acceptors (Lipinski definition) is 3. The van der Waals surface area contributed by atoms with Gasteiger partial charge in [0.05, 0.1) is 0 Å². The Hall–Kier alpha value is -1.09. The number of carbonyl (C=O) groups is 1. The standard InChI is InChI=1S/C13H18O3/c1-7(2)12(15)16-10-9-5-6-13(4,8(9)3)11(10)14/h9-11,14H,1,3,5-6H2,2,4H3. The minimum absolute atomic E-state index is 0.114. The Bertz CT molecular complexity index is 371. The second-order valence-electron chi connectivity index (χ2n) is 5.18. The second kappa shape index (κ2) is 3.45. The summed E-state index contributed by atoms with van der Waals surface area (Å²) in [5.74, 6) is -0.309. The molecule has 2 aliphatic rings. The first-order chi connectivity index (χ1) is 7.38. The smallest absolute Gasteiger partial charge is 0.333 e. The average molecular weight is 222 g/mol. The molecule has 88 valence electrons. The van der Waals surface area contributed by atoms with Gasteiger partial charge in [0, 0.05) is 16.9 Å². The van der Waals surface area contributed by atoms with Crippen molar-refractivity contribution in [3.05, 3.63) is 24.3 Å². The predicted molar refractivity (Wildman–Crippen MR) is 60.7 cm³/mol. The third-order valence-corrected chi connectivity index (χ3v) is 4.11. The van der Waals surface area contributed by atoms with Gasteiger partial charge < -0.3 is 9.84 Å². The van der Waals surface area contributed by atoms with Crippen molar-refractivity contribution >= 4 is 5.97 Å². The lowest BCUT2D eigenvalue weighted by atomic mass is 9.81. The van der Waals surface area contributed by atoms with E-state index >= 15 is 0 Å². The fraction of sp³-hybridized carbons (Fsp3) is 0.615. The van der Waals surface area contributed by atoms with Gasteiger partial charge in [-0.05, 0) is 19.8 Å². The van der Waals surface area contributed by atoms with E-state index in [-0.39, 0.29) is 11.3 Å². The SMILES string of the molecule is C=C(C)C(=O)OC1C2CCC(C)(C2=C)C1O. The Morgan fingerprint density at radius 2 is 2.25 bits per heavy atom. The molecule has 2 bridgehead atoms. The van der Waals surface area contributed by atoms with Crippen LogP contribution in [0.4, 0.5) is 0 Å². The molecule has 0 amide bonds. The van der Waals surface area contributed by atoms with Crippen molar-refractivity contribution < 1.29 is 14.6 Å². The van der Waals surface area contributed by atoms with E-state index in [0.717, 1.165) is 18.4 Å². The van der Waals surface area contributed by atoms with Crippen LogP contribution in [0.15, 0.2) is 24.3 Å². The first-order valence-corrected chi connectivity index (χ1v) is 5.62. The van der Waals surface area contributed by atoms with Gasteiger partial charge in [0.1, 0.15) is 12.2 Å². The monoisotopic (exact) mass is 222 g/mol. The van der Waals surface area contributed by atoms with Crippen LogP contribution in [0.2, 0.25) is 0 Å². The van der Waals surface area contributed by atoms with E-state index in [1.807, 2.05) is 6.92 Å². The Labute approximate surface area is 95.8 Å². The molecule has 4 atom stereocenters. The molecule has 4 unspecified atom stereocenters. The summed E-state index contributed by atoms with van der Waals surface area (Å²) in [5.41, 5.74) is 1.12. The Morgan fingerprint density at radius 1 is 1.62 bits per heavy atom. The molecule has 2 rings (SSSR count). The van der Waals surface area contributed by atoms with Gasteiger partial charge in [0.15, 0.2) is 0 Å². The molecular weight excluding hydrogens is 204 g/mol. The van der Waals surface area contributed by atoms with Crippen molar-refractivity contribution in [2.75, 3.05) is 0 Å². The molecule has 0 radical (unpaired) electrons. The maximum absolute atomic E-state index is 11.5. The highest BCUT2D eigenvalue weighted by Gasteiger charge is 2.59. The average Bonchev–Trinajstić information content (AvgIpc) is 2.59. The van der Waals surface area contributed by atoms with E-state index in [2.05, 4.69) is 13.2 Å². The van der Waals surface area contributed by atoms with E-state index in [1.54, 1.807) is 6.92 Å². The Balaban J connectivity index is 2.17. The van der Waals surface area contributed by atoms with E-state index in [1.165, 1.54) is 0 Å². The summed E-state index contributed by atoms with van der Waals surface area (Å²) in [6.07, 6.45) is 0.816. The van der Waals surface area contributed by atoms with Crippen molar-refractivity contribution in [1.82, 2.24) is 0 Å². The van der Waals surface area contributed by atoms with E-state index < -0.39 is 18.2 Å². The lowest BCUT2D eigenvalue weighted by Crippen LogP contribution is -2.40. The summed E-state index contributed by atoms with van der Waals surface area (Å²) in [7, 11) is 0. The predicted octanol–water partition coefficient (Wildman–Crippen LogP) is 1.82. The van der Waals surface area contributed by atoms with Crippen molar-refractivity contribution in [3.8, 4) is 0 Å². The normalized spacial score (nSPS) is 41.2. The number of aliphatic hydroxyl groups is 1. The van der Waals surface area contributed by atoms with Crippen LogP contribution >= 0.6 is 0 Å². The van der Waals surface area contributed by atoms with Crippen molar-refractivity contribution in [2.24, 2.45) is 11.3 Å². The Morgan fingerprint density at radius 3 is 2.69 bits per heavy atom. The van der Waals surface area contributed by atoms with Crippen LogP contribution in [0.3, 0.4) is 0 Å². The number of rotatable bonds is 2. The molecule has 0 aromatic rings. The first-order valence-electron chi connectivity index (χ1n) is 5.62. The van der Waals surface area contributed by atoms with Gasteiger partial charge in [-0.1, -0.05) is 25.7 Å². The minimum Gasteiger partial charge on any atom is -0.456 e. The molecule has 0 aromatic heterocycles. The minimum atomic E-state index is -0.623. The molecule has 0 spiro atoms. The molecule has 0 saturated heterocycles. The molecule has 0 aromatic carbocycles. The fourth-order valence-corrected chi connectivity index (χ4v) is 2.87. The van der Waals surface area contributed by atoms with Gasteiger partial charge in [-0.3, -0.25) is 0 Å². The van der Waals surface area contributed by atoms with Crippen molar-refractivity contribution in [3.63, 3.8) is 0 Å². The second-order valence-corrected chi connectivity index (χ2v) is 5.18. The fourth-order valence-electron chi connectivity index (χ4n) is 2.87. The first kappa shape index (κ1) is 11.4. The lowest BCUT2D eigenvalue weighted by Gasteiger charge is -2.32. The van der Waals surface area contributed by atoms with Crippen LogP contribution in [-0.2, 0) is 9.53 Å². The highest BCUT2D eigenvalue weighted by molar-refractivity contribution is 5.87. The summed E-state index contributed by atoms with van der Waals surface area (Å²) >= 11 is 0. The number of carbonyl (C=O) groups excluding carboxylic acids is 1. The number of fused-ring (bicyclic) bond motifs is 2. The third kappa shape index (κ3) is 1.34. The topological polar surface area (TPSA) is 46.5 Å². The molecule has 16 heavy (non-hydrogen) atoms.